The van der Waals surface area contributed by atoms with E-state index in [4.69, 9.17) is 11.6 Å². The largest absolute Gasteiger partial charge is 0.316 e. The highest BCUT2D eigenvalue weighted by molar-refractivity contribution is 7.99. The van der Waals surface area contributed by atoms with E-state index in [0.717, 1.165) is 23.5 Å². The molecule has 1 N–H and O–H groups in total. The minimum absolute atomic E-state index is 0.181. The standard InChI is InChI=1S/C12H15ClFNS/c1-15-12-7-16-6-9(12)4-8-2-3-10(13)5-11(8)14/h2-3,5,9,12,15H,4,6-7H2,1H3. The lowest BCUT2D eigenvalue weighted by atomic mass is 9.95. The molecule has 0 spiro atoms. The van der Waals surface area contributed by atoms with Crippen molar-refractivity contribution in [2.45, 2.75) is 12.5 Å². The number of halogens is 2. The van der Waals surface area contributed by atoms with E-state index in [9.17, 15) is 4.39 Å². The molecule has 1 heterocycles. The first kappa shape index (κ1) is 12.2. The number of hydrogen-bond donors (Lipinski definition) is 1. The quantitative estimate of drug-likeness (QED) is 0.896. The van der Waals surface area contributed by atoms with Crippen molar-refractivity contribution in [2.24, 2.45) is 5.92 Å². The SMILES string of the molecule is CNC1CSCC1Cc1ccc(Cl)cc1F. The van der Waals surface area contributed by atoms with Crippen molar-refractivity contribution in [2.75, 3.05) is 18.6 Å². The van der Waals surface area contributed by atoms with Gasteiger partial charge in [-0.05, 0) is 42.8 Å². The van der Waals surface area contributed by atoms with Crippen LogP contribution in [-0.4, -0.2) is 24.6 Å². The van der Waals surface area contributed by atoms with Gasteiger partial charge in [-0.2, -0.15) is 11.8 Å². The normalized spacial score (nSPS) is 24.9. The fourth-order valence-electron chi connectivity index (χ4n) is 2.09. The summed E-state index contributed by atoms with van der Waals surface area (Å²) < 4.78 is 13.6. The van der Waals surface area contributed by atoms with Crippen LogP contribution >= 0.6 is 23.4 Å². The van der Waals surface area contributed by atoms with Crippen molar-refractivity contribution >= 4 is 23.4 Å². The topological polar surface area (TPSA) is 12.0 Å². The van der Waals surface area contributed by atoms with E-state index in [-0.39, 0.29) is 5.82 Å². The summed E-state index contributed by atoms with van der Waals surface area (Å²) in [4.78, 5) is 0. The van der Waals surface area contributed by atoms with Gasteiger partial charge in [-0.15, -0.1) is 0 Å². The zero-order valence-electron chi connectivity index (χ0n) is 9.17. The van der Waals surface area contributed by atoms with Gasteiger partial charge in [-0.1, -0.05) is 17.7 Å². The predicted molar refractivity (Wildman–Crippen MR) is 68.8 cm³/mol. The maximum absolute atomic E-state index is 13.6. The van der Waals surface area contributed by atoms with E-state index in [1.54, 1.807) is 12.1 Å². The number of nitrogens with one attached hydrogen (secondary N) is 1. The summed E-state index contributed by atoms with van der Waals surface area (Å²) in [6.45, 7) is 0. The molecule has 1 aromatic rings. The Morgan fingerprint density at radius 1 is 1.50 bits per heavy atom. The lowest BCUT2D eigenvalue weighted by Gasteiger charge is -2.18. The summed E-state index contributed by atoms with van der Waals surface area (Å²) in [6, 6.07) is 5.46. The molecule has 0 bridgehead atoms. The monoisotopic (exact) mass is 259 g/mol. The second-order valence-electron chi connectivity index (χ2n) is 4.13. The van der Waals surface area contributed by atoms with Crippen molar-refractivity contribution in [1.82, 2.24) is 5.32 Å². The Hall–Kier alpha value is -0.250. The molecule has 16 heavy (non-hydrogen) atoms. The van der Waals surface area contributed by atoms with Crippen molar-refractivity contribution in [3.8, 4) is 0 Å². The van der Waals surface area contributed by atoms with E-state index < -0.39 is 0 Å². The number of rotatable bonds is 3. The molecule has 0 amide bonds. The van der Waals surface area contributed by atoms with E-state index in [2.05, 4.69) is 5.32 Å². The zero-order chi connectivity index (χ0) is 11.5. The Labute approximate surface area is 105 Å². The first-order valence-electron chi connectivity index (χ1n) is 5.39. The van der Waals surface area contributed by atoms with Gasteiger partial charge in [0.05, 0.1) is 0 Å². The first-order chi connectivity index (χ1) is 7.70. The highest BCUT2D eigenvalue weighted by atomic mass is 35.5. The minimum atomic E-state index is -0.181. The van der Waals surface area contributed by atoms with Gasteiger partial charge < -0.3 is 5.32 Å². The molecule has 1 nitrogen and oxygen atoms in total. The fourth-order valence-corrected chi connectivity index (χ4v) is 3.73. The van der Waals surface area contributed by atoms with Gasteiger partial charge in [0.15, 0.2) is 0 Å². The van der Waals surface area contributed by atoms with E-state index >= 15 is 0 Å². The van der Waals surface area contributed by atoms with E-state index in [1.165, 1.54) is 6.07 Å². The summed E-state index contributed by atoms with van der Waals surface area (Å²) in [7, 11) is 1.97. The average molecular weight is 260 g/mol. The molecule has 0 radical (unpaired) electrons. The molecule has 0 aliphatic carbocycles. The molecule has 1 saturated heterocycles. The Balaban J connectivity index is 2.08. The molecule has 2 atom stereocenters. The third kappa shape index (κ3) is 2.70. The van der Waals surface area contributed by atoms with Gasteiger partial charge in [-0.25, -0.2) is 4.39 Å². The Morgan fingerprint density at radius 2 is 2.31 bits per heavy atom. The van der Waals surface area contributed by atoms with Gasteiger partial charge in [0.2, 0.25) is 0 Å². The number of hydrogen-bond acceptors (Lipinski definition) is 2. The lowest BCUT2D eigenvalue weighted by Crippen LogP contribution is -2.33. The highest BCUT2D eigenvalue weighted by Gasteiger charge is 2.27. The van der Waals surface area contributed by atoms with Gasteiger partial charge in [0.1, 0.15) is 5.82 Å². The van der Waals surface area contributed by atoms with Crippen LogP contribution in [0.5, 0.6) is 0 Å². The second-order valence-corrected chi connectivity index (χ2v) is 5.64. The van der Waals surface area contributed by atoms with Crippen LogP contribution in [0, 0.1) is 11.7 Å². The van der Waals surface area contributed by atoms with Gasteiger partial charge >= 0.3 is 0 Å². The summed E-state index contributed by atoms with van der Waals surface area (Å²) in [6.07, 6.45) is 0.793. The summed E-state index contributed by atoms with van der Waals surface area (Å²) in [5.74, 6) is 2.56. The smallest absolute Gasteiger partial charge is 0.127 e. The maximum atomic E-state index is 13.6. The zero-order valence-corrected chi connectivity index (χ0v) is 10.7. The molecule has 88 valence electrons. The number of benzene rings is 1. The summed E-state index contributed by atoms with van der Waals surface area (Å²) >= 11 is 7.67. The maximum Gasteiger partial charge on any atom is 0.127 e. The number of thioether (sulfide) groups is 1. The Morgan fingerprint density at radius 3 is 3.00 bits per heavy atom. The molecular formula is C12H15ClFNS. The first-order valence-corrected chi connectivity index (χ1v) is 6.93. The minimum Gasteiger partial charge on any atom is -0.316 e. The molecule has 1 aliphatic heterocycles. The molecule has 0 aromatic heterocycles. The van der Waals surface area contributed by atoms with Gasteiger partial charge in [0.25, 0.3) is 0 Å². The molecule has 2 unspecified atom stereocenters. The molecule has 0 saturated carbocycles. The van der Waals surface area contributed by atoms with Crippen LogP contribution in [0.2, 0.25) is 5.02 Å². The van der Waals surface area contributed by atoms with Crippen LogP contribution < -0.4 is 5.32 Å². The van der Waals surface area contributed by atoms with Crippen LogP contribution in [0.3, 0.4) is 0 Å². The average Bonchev–Trinajstić information content (AvgIpc) is 2.69. The van der Waals surface area contributed by atoms with Crippen LogP contribution in [0.25, 0.3) is 0 Å². The van der Waals surface area contributed by atoms with Crippen LogP contribution in [0.1, 0.15) is 5.56 Å². The third-order valence-corrected chi connectivity index (χ3v) is 4.56. The van der Waals surface area contributed by atoms with Gasteiger partial charge in [-0.3, -0.25) is 0 Å². The van der Waals surface area contributed by atoms with Crippen molar-refractivity contribution in [1.29, 1.82) is 0 Å². The summed E-state index contributed by atoms with van der Waals surface area (Å²) in [5, 5.41) is 3.76. The van der Waals surface area contributed by atoms with Crippen LogP contribution in [0.4, 0.5) is 4.39 Å². The molecule has 1 aliphatic rings. The Bertz CT molecular complexity index is 372. The van der Waals surface area contributed by atoms with Crippen molar-refractivity contribution in [3.05, 3.63) is 34.6 Å². The van der Waals surface area contributed by atoms with Gasteiger partial charge in [0, 0.05) is 16.8 Å². The van der Waals surface area contributed by atoms with Crippen molar-refractivity contribution in [3.63, 3.8) is 0 Å². The molecular weight excluding hydrogens is 245 g/mol. The molecule has 1 fully saturated rings. The highest BCUT2D eigenvalue weighted by Crippen LogP contribution is 2.28. The molecule has 2 rings (SSSR count). The third-order valence-electron chi connectivity index (χ3n) is 3.07. The lowest BCUT2D eigenvalue weighted by molar-refractivity contribution is 0.445. The Kier molecular flexibility index (Phi) is 4.11. The van der Waals surface area contributed by atoms with Crippen molar-refractivity contribution < 1.29 is 4.39 Å². The fraction of sp³-hybridized carbons (Fsp3) is 0.500. The summed E-state index contributed by atoms with van der Waals surface area (Å²) in [5.41, 5.74) is 0.775. The van der Waals surface area contributed by atoms with E-state index in [0.29, 0.717) is 17.0 Å². The van der Waals surface area contributed by atoms with Crippen LogP contribution in [-0.2, 0) is 6.42 Å². The molecule has 4 heteroatoms. The molecule has 1 aromatic carbocycles. The van der Waals surface area contributed by atoms with Crippen LogP contribution in [0.15, 0.2) is 18.2 Å². The second kappa shape index (κ2) is 5.39. The predicted octanol–water partition coefficient (Wildman–Crippen LogP) is 2.97. The van der Waals surface area contributed by atoms with E-state index in [1.807, 2.05) is 18.8 Å².